The van der Waals surface area contributed by atoms with Gasteiger partial charge in [0.1, 0.15) is 5.82 Å². The number of fused-ring (bicyclic) bond motifs is 1. The van der Waals surface area contributed by atoms with Crippen molar-refractivity contribution in [3.63, 3.8) is 0 Å². The molecule has 0 saturated heterocycles. The quantitative estimate of drug-likeness (QED) is 0.874. The number of benzene rings is 1. The molecule has 2 unspecified atom stereocenters. The first-order valence-electron chi connectivity index (χ1n) is 6.26. The zero-order chi connectivity index (χ0) is 12.4. The van der Waals surface area contributed by atoms with Crippen LogP contribution in [-0.4, -0.2) is 11.8 Å². The third-order valence-corrected chi connectivity index (χ3v) is 4.60. The topological polar surface area (TPSA) is 12.0 Å². The van der Waals surface area contributed by atoms with E-state index in [0.717, 1.165) is 17.7 Å². The zero-order valence-electron chi connectivity index (χ0n) is 10.7. The van der Waals surface area contributed by atoms with Crippen LogP contribution in [0, 0.1) is 11.7 Å². The van der Waals surface area contributed by atoms with E-state index in [1.807, 2.05) is 17.8 Å². The van der Waals surface area contributed by atoms with Crippen LogP contribution in [0.1, 0.15) is 38.8 Å². The van der Waals surface area contributed by atoms with Crippen molar-refractivity contribution in [2.24, 2.45) is 5.92 Å². The summed E-state index contributed by atoms with van der Waals surface area (Å²) in [6.45, 7) is 6.62. The van der Waals surface area contributed by atoms with Gasteiger partial charge in [-0.15, -0.1) is 11.8 Å². The molecule has 0 bridgehead atoms. The van der Waals surface area contributed by atoms with Gasteiger partial charge in [-0.05, 0) is 48.8 Å². The minimum Gasteiger partial charge on any atom is -0.307 e. The molecule has 1 N–H and O–H groups in total. The van der Waals surface area contributed by atoms with Crippen LogP contribution in [0.25, 0.3) is 0 Å². The summed E-state index contributed by atoms with van der Waals surface area (Å²) in [6, 6.07) is 5.91. The molecule has 3 heteroatoms. The molecule has 17 heavy (non-hydrogen) atoms. The molecule has 0 aliphatic carbocycles. The van der Waals surface area contributed by atoms with Crippen molar-refractivity contribution < 1.29 is 4.39 Å². The molecule has 1 aromatic rings. The van der Waals surface area contributed by atoms with E-state index in [9.17, 15) is 4.39 Å². The molecule has 1 heterocycles. The molecule has 0 radical (unpaired) electrons. The van der Waals surface area contributed by atoms with E-state index in [-0.39, 0.29) is 5.82 Å². The van der Waals surface area contributed by atoms with Crippen LogP contribution < -0.4 is 5.32 Å². The van der Waals surface area contributed by atoms with E-state index < -0.39 is 0 Å². The first kappa shape index (κ1) is 12.9. The van der Waals surface area contributed by atoms with Gasteiger partial charge in [-0.1, -0.05) is 13.8 Å². The number of halogens is 1. The molecule has 0 spiro atoms. The SMILES string of the molecule is CC(C)C(C)NC1CCSc2ccc(F)cc21. The number of rotatable bonds is 3. The van der Waals surface area contributed by atoms with Gasteiger partial charge in [0.05, 0.1) is 0 Å². The Bertz CT molecular complexity index is 392. The molecular formula is C14H20FNS. The number of hydrogen-bond donors (Lipinski definition) is 1. The summed E-state index contributed by atoms with van der Waals surface area (Å²) in [4.78, 5) is 1.23. The van der Waals surface area contributed by atoms with Crippen LogP contribution in [0.15, 0.2) is 23.1 Å². The smallest absolute Gasteiger partial charge is 0.123 e. The lowest BCUT2D eigenvalue weighted by Gasteiger charge is -2.30. The fourth-order valence-corrected chi connectivity index (χ4v) is 3.15. The largest absolute Gasteiger partial charge is 0.307 e. The van der Waals surface area contributed by atoms with Gasteiger partial charge in [0.2, 0.25) is 0 Å². The third kappa shape index (κ3) is 3.02. The van der Waals surface area contributed by atoms with Crippen molar-refractivity contribution in [2.75, 3.05) is 5.75 Å². The van der Waals surface area contributed by atoms with E-state index in [1.165, 1.54) is 4.90 Å². The second-order valence-electron chi connectivity index (χ2n) is 5.07. The Hall–Kier alpha value is -0.540. The summed E-state index contributed by atoms with van der Waals surface area (Å²) < 4.78 is 13.3. The molecule has 94 valence electrons. The van der Waals surface area contributed by atoms with E-state index in [1.54, 1.807) is 12.1 Å². The molecule has 2 atom stereocenters. The van der Waals surface area contributed by atoms with Gasteiger partial charge in [0.15, 0.2) is 0 Å². The maximum absolute atomic E-state index is 13.3. The molecule has 2 rings (SSSR count). The van der Waals surface area contributed by atoms with E-state index in [0.29, 0.717) is 18.0 Å². The van der Waals surface area contributed by atoms with Gasteiger partial charge in [-0.3, -0.25) is 0 Å². The molecule has 1 nitrogen and oxygen atoms in total. The van der Waals surface area contributed by atoms with Crippen LogP contribution in [-0.2, 0) is 0 Å². The molecule has 1 aliphatic rings. The Labute approximate surface area is 107 Å². The first-order valence-corrected chi connectivity index (χ1v) is 7.25. The Morgan fingerprint density at radius 2 is 2.12 bits per heavy atom. The van der Waals surface area contributed by atoms with Gasteiger partial charge in [0, 0.05) is 17.0 Å². The third-order valence-electron chi connectivity index (χ3n) is 3.48. The van der Waals surface area contributed by atoms with Gasteiger partial charge in [-0.2, -0.15) is 0 Å². The van der Waals surface area contributed by atoms with Gasteiger partial charge < -0.3 is 5.32 Å². The predicted molar refractivity (Wildman–Crippen MR) is 71.9 cm³/mol. The first-order chi connectivity index (χ1) is 8.08. The molecule has 0 amide bonds. The average molecular weight is 253 g/mol. The predicted octanol–water partition coefficient (Wildman–Crippen LogP) is 4.00. The van der Waals surface area contributed by atoms with Crippen LogP contribution in [0.4, 0.5) is 4.39 Å². The highest BCUT2D eigenvalue weighted by molar-refractivity contribution is 7.99. The second kappa shape index (κ2) is 5.40. The summed E-state index contributed by atoms with van der Waals surface area (Å²) in [5, 5.41) is 3.62. The summed E-state index contributed by atoms with van der Waals surface area (Å²) in [7, 11) is 0. The summed E-state index contributed by atoms with van der Waals surface area (Å²) >= 11 is 1.83. The van der Waals surface area contributed by atoms with Gasteiger partial charge >= 0.3 is 0 Å². The standard InChI is InChI=1S/C14H20FNS/c1-9(2)10(3)16-13-6-7-17-14-5-4-11(15)8-12(13)14/h4-5,8-10,13,16H,6-7H2,1-3H3. The van der Waals surface area contributed by atoms with Crippen molar-refractivity contribution in [1.29, 1.82) is 0 Å². The minimum absolute atomic E-state index is 0.129. The highest BCUT2D eigenvalue weighted by atomic mass is 32.2. The number of thioether (sulfide) groups is 1. The van der Waals surface area contributed by atoms with Crippen molar-refractivity contribution in [2.45, 2.75) is 44.2 Å². The Kier molecular flexibility index (Phi) is 4.10. The monoisotopic (exact) mass is 253 g/mol. The molecule has 0 fully saturated rings. The molecule has 0 saturated carbocycles. The van der Waals surface area contributed by atoms with E-state index in [4.69, 9.17) is 0 Å². The summed E-state index contributed by atoms with van der Waals surface area (Å²) in [6.07, 6.45) is 1.08. The van der Waals surface area contributed by atoms with Gasteiger partial charge in [0.25, 0.3) is 0 Å². The van der Waals surface area contributed by atoms with E-state index in [2.05, 4.69) is 26.1 Å². The summed E-state index contributed by atoms with van der Waals surface area (Å²) in [5.41, 5.74) is 1.13. The fraction of sp³-hybridized carbons (Fsp3) is 0.571. The Morgan fingerprint density at radius 1 is 1.35 bits per heavy atom. The highest BCUT2D eigenvalue weighted by Crippen LogP contribution is 2.36. The molecular weight excluding hydrogens is 233 g/mol. The fourth-order valence-electron chi connectivity index (χ4n) is 2.05. The van der Waals surface area contributed by atoms with Crippen molar-refractivity contribution in [1.82, 2.24) is 5.32 Å². The molecule has 0 aromatic heterocycles. The second-order valence-corrected chi connectivity index (χ2v) is 6.21. The number of nitrogens with one attached hydrogen (secondary N) is 1. The van der Waals surface area contributed by atoms with Gasteiger partial charge in [-0.25, -0.2) is 4.39 Å². The lowest BCUT2D eigenvalue weighted by Crippen LogP contribution is -2.35. The van der Waals surface area contributed by atoms with Crippen molar-refractivity contribution in [3.8, 4) is 0 Å². The van der Waals surface area contributed by atoms with Crippen molar-refractivity contribution in [3.05, 3.63) is 29.6 Å². The van der Waals surface area contributed by atoms with Crippen LogP contribution >= 0.6 is 11.8 Å². The average Bonchev–Trinajstić information content (AvgIpc) is 2.29. The normalized spacial score (nSPS) is 21.4. The van der Waals surface area contributed by atoms with E-state index >= 15 is 0 Å². The van der Waals surface area contributed by atoms with Crippen LogP contribution in [0.2, 0.25) is 0 Å². The lowest BCUT2D eigenvalue weighted by atomic mass is 9.99. The Balaban J connectivity index is 2.19. The maximum Gasteiger partial charge on any atom is 0.123 e. The zero-order valence-corrected chi connectivity index (χ0v) is 11.5. The molecule has 1 aliphatic heterocycles. The molecule has 1 aromatic carbocycles. The minimum atomic E-state index is -0.129. The van der Waals surface area contributed by atoms with Crippen LogP contribution in [0.3, 0.4) is 0 Å². The Morgan fingerprint density at radius 3 is 2.82 bits per heavy atom. The lowest BCUT2D eigenvalue weighted by molar-refractivity contribution is 0.366. The maximum atomic E-state index is 13.3. The summed E-state index contributed by atoms with van der Waals surface area (Å²) in [5.74, 6) is 1.58. The highest BCUT2D eigenvalue weighted by Gasteiger charge is 2.23. The number of hydrogen-bond acceptors (Lipinski definition) is 2. The van der Waals surface area contributed by atoms with Crippen LogP contribution in [0.5, 0.6) is 0 Å². The van der Waals surface area contributed by atoms with Crippen molar-refractivity contribution >= 4 is 11.8 Å².